The molecule has 0 saturated heterocycles. The SMILES string of the molecule is COc1ccc([C@H]2[C@H](c3ccc(OC)cc3)N(c3ccccc3)C(c3ccc([N+](=O)[O-])cc3)C=C(c3ccccc3Cl)N2c2ccccc2)cc1. The number of nitro groups is 1. The van der Waals surface area contributed by atoms with Crippen molar-refractivity contribution in [2.24, 2.45) is 0 Å². The molecule has 0 saturated carbocycles. The molecule has 0 N–H and O–H groups in total. The second kappa shape index (κ2) is 14.8. The summed E-state index contributed by atoms with van der Waals surface area (Å²) in [6.07, 6.45) is 2.24. The zero-order chi connectivity index (χ0) is 35.3. The number of halogens is 1. The third-order valence-electron chi connectivity index (χ3n) is 9.35. The molecule has 7 nitrogen and oxygen atoms in total. The van der Waals surface area contributed by atoms with Crippen LogP contribution >= 0.6 is 11.6 Å². The van der Waals surface area contributed by atoms with E-state index in [9.17, 15) is 10.1 Å². The van der Waals surface area contributed by atoms with Gasteiger partial charge < -0.3 is 19.3 Å². The van der Waals surface area contributed by atoms with Gasteiger partial charge in [0.25, 0.3) is 5.69 Å². The third kappa shape index (κ3) is 6.76. The highest BCUT2D eigenvalue weighted by molar-refractivity contribution is 6.32. The maximum atomic E-state index is 11.8. The quantitative estimate of drug-likeness (QED) is 0.111. The molecule has 0 spiro atoms. The van der Waals surface area contributed by atoms with Crippen molar-refractivity contribution in [1.82, 2.24) is 0 Å². The van der Waals surface area contributed by atoms with Gasteiger partial charge in [-0.2, -0.15) is 0 Å². The van der Waals surface area contributed by atoms with Crippen LogP contribution in [0.4, 0.5) is 17.1 Å². The van der Waals surface area contributed by atoms with Gasteiger partial charge in [0.2, 0.25) is 0 Å². The minimum atomic E-state index is -0.402. The topological polar surface area (TPSA) is 68.1 Å². The Morgan fingerprint density at radius 1 is 0.588 bits per heavy atom. The molecule has 254 valence electrons. The molecular formula is C43H36ClN3O4. The van der Waals surface area contributed by atoms with Crippen molar-refractivity contribution < 1.29 is 14.4 Å². The average Bonchev–Trinajstić information content (AvgIpc) is 3.34. The minimum Gasteiger partial charge on any atom is -0.497 e. The molecule has 8 heteroatoms. The summed E-state index contributed by atoms with van der Waals surface area (Å²) in [5.41, 5.74) is 6.71. The molecule has 0 aromatic heterocycles. The minimum absolute atomic E-state index is 0.0302. The van der Waals surface area contributed by atoms with Gasteiger partial charge in [-0.3, -0.25) is 10.1 Å². The highest BCUT2D eigenvalue weighted by Crippen LogP contribution is 2.53. The van der Waals surface area contributed by atoms with E-state index in [-0.39, 0.29) is 22.7 Å². The smallest absolute Gasteiger partial charge is 0.269 e. The second-order valence-corrected chi connectivity index (χ2v) is 12.6. The number of rotatable bonds is 9. The number of nitro benzene ring substituents is 1. The van der Waals surface area contributed by atoms with Crippen LogP contribution in [0.15, 0.2) is 164 Å². The van der Waals surface area contributed by atoms with Crippen LogP contribution in [0.5, 0.6) is 11.5 Å². The number of hydrogen-bond acceptors (Lipinski definition) is 6. The number of anilines is 2. The Bertz CT molecular complexity index is 2120. The molecule has 1 unspecified atom stereocenters. The molecule has 0 bridgehead atoms. The third-order valence-corrected chi connectivity index (χ3v) is 9.68. The fourth-order valence-corrected chi connectivity index (χ4v) is 7.18. The standard InChI is InChI=1S/C43H36ClN3O4/c1-50-36-25-19-31(20-26-36)42-43(32-21-27-37(51-2)28-22-32)46(34-13-7-4-8-14-34)41(38-15-9-10-16-39(38)44)29-40(45(42)33-11-5-3-6-12-33)30-17-23-35(24-18-30)47(48)49/h3-29,40,42-43H,1-2H3/t40?,42-,43-/m0/s1. The van der Waals surface area contributed by atoms with Crippen LogP contribution in [-0.4, -0.2) is 19.1 Å². The van der Waals surface area contributed by atoms with E-state index in [1.165, 1.54) is 0 Å². The first-order valence-electron chi connectivity index (χ1n) is 16.6. The molecular weight excluding hydrogens is 658 g/mol. The largest absolute Gasteiger partial charge is 0.497 e. The van der Waals surface area contributed by atoms with Gasteiger partial charge in [-0.05, 0) is 89.5 Å². The van der Waals surface area contributed by atoms with Crippen molar-refractivity contribution in [1.29, 1.82) is 0 Å². The molecule has 6 aromatic carbocycles. The van der Waals surface area contributed by atoms with Crippen molar-refractivity contribution in [3.8, 4) is 11.5 Å². The first kappa shape index (κ1) is 33.4. The molecule has 0 fully saturated rings. The fourth-order valence-electron chi connectivity index (χ4n) is 6.95. The van der Waals surface area contributed by atoms with E-state index in [0.717, 1.165) is 50.8 Å². The van der Waals surface area contributed by atoms with Gasteiger partial charge in [0.05, 0.1) is 37.3 Å². The lowest BCUT2D eigenvalue weighted by atomic mass is 9.88. The Labute approximate surface area is 302 Å². The highest BCUT2D eigenvalue weighted by atomic mass is 35.5. The lowest BCUT2D eigenvalue weighted by molar-refractivity contribution is -0.384. The summed E-state index contributed by atoms with van der Waals surface area (Å²) in [5.74, 6) is 1.51. The van der Waals surface area contributed by atoms with Crippen molar-refractivity contribution in [3.63, 3.8) is 0 Å². The monoisotopic (exact) mass is 693 g/mol. The second-order valence-electron chi connectivity index (χ2n) is 12.2. The summed E-state index contributed by atoms with van der Waals surface area (Å²) in [7, 11) is 3.33. The number of benzene rings is 6. The van der Waals surface area contributed by atoms with E-state index in [4.69, 9.17) is 21.1 Å². The average molecular weight is 694 g/mol. The Balaban J connectivity index is 1.62. The summed E-state index contributed by atoms with van der Waals surface area (Å²) >= 11 is 7.10. The van der Waals surface area contributed by atoms with E-state index in [1.807, 2.05) is 97.1 Å². The molecule has 0 aliphatic carbocycles. The molecule has 6 aromatic rings. The summed E-state index contributed by atoms with van der Waals surface area (Å²) in [6, 6.07) is 50.7. The fraction of sp³-hybridized carbons (Fsp3) is 0.116. The summed E-state index contributed by atoms with van der Waals surface area (Å²) < 4.78 is 11.2. The van der Waals surface area contributed by atoms with Crippen molar-refractivity contribution in [3.05, 3.63) is 201 Å². The van der Waals surface area contributed by atoms with E-state index in [0.29, 0.717) is 5.02 Å². The highest BCUT2D eigenvalue weighted by Gasteiger charge is 2.43. The number of non-ortho nitro benzene ring substituents is 1. The van der Waals surface area contributed by atoms with Gasteiger partial charge in [0.15, 0.2) is 0 Å². The maximum Gasteiger partial charge on any atom is 0.269 e. The summed E-state index contributed by atoms with van der Waals surface area (Å²) in [6.45, 7) is 0. The van der Waals surface area contributed by atoms with Crippen LogP contribution in [0.3, 0.4) is 0 Å². The van der Waals surface area contributed by atoms with Crippen LogP contribution in [-0.2, 0) is 0 Å². The number of nitrogens with zero attached hydrogens (tertiary/aromatic N) is 3. The van der Waals surface area contributed by atoms with Crippen LogP contribution in [0.25, 0.3) is 5.70 Å². The zero-order valence-corrected chi connectivity index (χ0v) is 28.9. The molecule has 3 atom stereocenters. The lowest BCUT2D eigenvalue weighted by Gasteiger charge is -2.45. The van der Waals surface area contributed by atoms with Crippen LogP contribution in [0.2, 0.25) is 5.02 Å². The Kier molecular flexibility index (Phi) is 9.72. The van der Waals surface area contributed by atoms with Gasteiger partial charge in [-0.1, -0.05) is 90.5 Å². The van der Waals surface area contributed by atoms with Gasteiger partial charge in [-0.25, -0.2) is 0 Å². The molecule has 0 amide bonds. The van der Waals surface area contributed by atoms with Crippen molar-refractivity contribution >= 4 is 34.4 Å². The predicted molar refractivity (Wildman–Crippen MR) is 205 cm³/mol. The first-order chi connectivity index (χ1) is 25.0. The van der Waals surface area contributed by atoms with Crippen LogP contribution in [0, 0.1) is 10.1 Å². The van der Waals surface area contributed by atoms with Gasteiger partial charge in [-0.15, -0.1) is 0 Å². The van der Waals surface area contributed by atoms with E-state index in [2.05, 4.69) is 64.4 Å². The van der Waals surface area contributed by atoms with Crippen LogP contribution < -0.4 is 19.3 Å². The van der Waals surface area contributed by atoms with Crippen molar-refractivity contribution in [2.75, 3.05) is 24.0 Å². The van der Waals surface area contributed by atoms with E-state index in [1.54, 1.807) is 26.4 Å². The predicted octanol–water partition coefficient (Wildman–Crippen LogP) is 10.9. The number of methoxy groups -OCH3 is 2. The normalized spacial score (nSPS) is 17.3. The van der Waals surface area contributed by atoms with Gasteiger partial charge in [0, 0.05) is 39.8 Å². The van der Waals surface area contributed by atoms with Gasteiger partial charge in [0.1, 0.15) is 11.5 Å². The van der Waals surface area contributed by atoms with E-state index >= 15 is 0 Å². The molecule has 1 aliphatic heterocycles. The molecule has 1 heterocycles. The first-order valence-corrected chi connectivity index (χ1v) is 17.0. The Hall–Kier alpha value is -6.05. The maximum absolute atomic E-state index is 11.8. The zero-order valence-electron chi connectivity index (χ0n) is 28.2. The molecule has 7 rings (SSSR count). The molecule has 0 radical (unpaired) electrons. The summed E-state index contributed by atoms with van der Waals surface area (Å²) in [5, 5.41) is 12.4. The molecule has 1 aliphatic rings. The Morgan fingerprint density at radius 2 is 1.08 bits per heavy atom. The molecule has 51 heavy (non-hydrogen) atoms. The number of ether oxygens (including phenoxy) is 2. The van der Waals surface area contributed by atoms with Crippen LogP contribution in [0.1, 0.15) is 40.4 Å². The summed E-state index contributed by atoms with van der Waals surface area (Å²) in [4.78, 5) is 16.2. The van der Waals surface area contributed by atoms with Crippen molar-refractivity contribution in [2.45, 2.75) is 18.1 Å². The lowest BCUT2D eigenvalue weighted by Crippen LogP contribution is -2.39. The number of para-hydroxylation sites is 2. The number of hydrogen-bond donors (Lipinski definition) is 0. The Morgan fingerprint density at radius 3 is 1.61 bits per heavy atom. The van der Waals surface area contributed by atoms with Gasteiger partial charge >= 0.3 is 0 Å². The van der Waals surface area contributed by atoms with E-state index < -0.39 is 6.04 Å².